The van der Waals surface area contributed by atoms with Gasteiger partial charge in [0.05, 0.1) is 23.4 Å². The lowest BCUT2D eigenvalue weighted by Gasteiger charge is -2.29. The fourth-order valence-electron chi connectivity index (χ4n) is 2.89. The van der Waals surface area contributed by atoms with Gasteiger partial charge in [-0.15, -0.1) is 35.3 Å². The van der Waals surface area contributed by atoms with Crippen LogP contribution in [0.4, 0.5) is 0 Å². The first kappa shape index (κ1) is 22.6. The Morgan fingerprint density at radius 3 is 2.80 bits per heavy atom. The molecule has 8 heteroatoms. The van der Waals surface area contributed by atoms with Crippen LogP contribution in [-0.2, 0) is 6.54 Å². The number of nitrogens with one attached hydrogen (secondary N) is 1. The summed E-state index contributed by atoms with van der Waals surface area (Å²) in [5.41, 5.74) is 1.09. The van der Waals surface area contributed by atoms with Gasteiger partial charge in [-0.2, -0.15) is 0 Å². The van der Waals surface area contributed by atoms with E-state index in [1.807, 2.05) is 6.92 Å². The Morgan fingerprint density at radius 2 is 2.20 bits per heavy atom. The maximum absolute atomic E-state index is 9.55. The second-order valence-corrected chi connectivity index (χ2v) is 7.44. The van der Waals surface area contributed by atoms with Crippen LogP contribution in [0.1, 0.15) is 36.9 Å². The average Bonchev–Trinajstić information content (AvgIpc) is 2.97. The number of aromatic nitrogens is 1. The van der Waals surface area contributed by atoms with Gasteiger partial charge in [-0.05, 0) is 39.7 Å². The van der Waals surface area contributed by atoms with Gasteiger partial charge in [0.15, 0.2) is 5.96 Å². The molecule has 0 aliphatic carbocycles. The molecule has 2 N–H and O–H groups in total. The van der Waals surface area contributed by atoms with Crippen molar-refractivity contribution in [2.75, 3.05) is 39.8 Å². The topological polar surface area (TPSA) is 64.0 Å². The molecular formula is C17H32IN5OS. The lowest BCUT2D eigenvalue weighted by Crippen LogP contribution is -2.39. The Morgan fingerprint density at radius 1 is 1.48 bits per heavy atom. The van der Waals surface area contributed by atoms with Crippen LogP contribution >= 0.6 is 35.3 Å². The van der Waals surface area contributed by atoms with Crippen LogP contribution in [-0.4, -0.2) is 71.7 Å². The normalized spacial score (nSPS) is 16.6. The highest BCUT2D eigenvalue weighted by molar-refractivity contribution is 14.0. The molecule has 0 unspecified atom stereocenters. The minimum atomic E-state index is -0.0948. The number of halogens is 1. The molecule has 1 saturated heterocycles. The van der Waals surface area contributed by atoms with E-state index < -0.39 is 0 Å². The number of nitrogens with zero attached hydrogens (tertiary/aromatic N) is 4. The number of aliphatic imine (C=N–C) groups is 1. The van der Waals surface area contributed by atoms with E-state index in [-0.39, 0.29) is 30.1 Å². The van der Waals surface area contributed by atoms with Crippen molar-refractivity contribution in [2.45, 2.75) is 45.8 Å². The van der Waals surface area contributed by atoms with Crippen LogP contribution in [0.2, 0.25) is 0 Å². The SMILES string of the molecule is CCNC(=NCCCN1CCC(O)CC1)N(C)Cc1csc(C)n1.I. The minimum absolute atomic E-state index is 0. The van der Waals surface area contributed by atoms with Gasteiger partial charge in [0.25, 0.3) is 0 Å². The Bertz CT molecular complexity index is 517. The second kappa shape index (κ2) is 12.0. The van der Waals surface area contributed by atoms with Crippen molar-refractivity contribution < 1.29 is 5.11 Å². The first-order valence-corrected chi connectivity index (χ1v) is 9.77. The molecule has 6 nitrogen and oxygen atoms in total. The van der Waals surface area contributed by atoms with Crippen molar-refractivity contribution in [3.63, 3.8) is 0 Å². The molecule has 0 atom stereocenters. The number of piperidine rings is 1. The largest absolute Gasteiger partial charge is 0.393 e. The van der Waals surface area contributed by atoms with Crippen molar-refractivity contribution >= 4 is 41.3 Å². The van der Waals surface area contributed by atoms with Gasteiger partial charge in [0, 0.05) is 38.6 Å². The molecule has 0 aromatic carbocycles. The van der Waals surface area contributed by atoms with Crippen LogP contribution in [0.25, 0.3) is 0 Å². The standard InChI is InChI=1S/C17H31N5OS.HI/c1-4-18-17(21(3)12-15-13-24-14(2)20-15)19-8-5-9-22-10-6-16(23)7-11-22;/h13,16,23H,4-12H2,1-3H3,(H,18,19);1H. The molecule has 2 heterocycles. The zero-order valence-corrected chi connectivity index (χ0v) is 18.7. The number of guanidine groups is 1. The van der Waals surface area contributed by atoms with Crippen LogP contribution in [0.15, 0.2) is 10.4 Å². The quantitative estimate of drug-likeness (QED) is 0.271. The molecule has 1 fully saturated rings. The van der Waals surface area contributed by atoms with Gasteiger partial charge in [0.1, 0.15) is 0 Å². The zero-order chi connectivity index (χ0) is 17.4. The molecule has 0 bridgehead atoms. The van der Waals surface area contributed by atoms with Crippen LogP contribution < -0.4 is 5.32 Å². The van der Waals surface area contributed by atoms with E-state index in [0.717, 1.165) is 75.2 Å². The molecule has 2 rings (SSSR count). The molecule has 144 valence electrons. The van der Waals surface area contributed by atoms with Crippen molar-refractivity contribution in [2.24, 2.45) is 4.99 Å². The first-order chi connectivity index (χ1) is 11.6. The highest BCUT2D eigenvalue weighted by Crippen LogP contribution is 2.11. The van der Waals surface area contributed by atoms with E-state index in [9.17, 15) is 5.11 Å². The van der Waals surface area contributed by atoms with Gasteiger partial charge < -0.3 is 20.2 Å². The van der Waals surface area contributed by atoms with Gasteiger partial charge in [-0.3, -0.25) is 4.99 Å². The van der Waals surface area contributed by atoms with E-state index in [1.165, 1.54) is 0 Å². The maximum Gasteiger partial charge on any atom is 0.194 e. The average molecular weight is 481 g/mol. The van der Waals surface area contributed by atoms with E-state index >= 15 is 0 Å². The first-order valence-electron chi connectivity index (χ1n) is 8.89. The summed E-state index contributed by atoms with van der Waals surface area (Å²) in [6.07, 6.45) is 2.76. The van der Waals surface area contributed by atoms with Gasteiger partial charge >= 0.3 is 0 Å². The molecule has 1 aromatic rings. The van der Waals surface area contributed by atoms with Gasteiger partial charge in [-0.25, -0.2) is 4.98 Å². The summed E-state index contributed by atoms with van der Waals surface area (Å²) in [5, 5.41) is 16.1. The van der Waals surface area contributed by atoms with Crippen LogP contribution in [0.3, 0.4) is 0 Å². The Labute approximate surface area is 172 Å². The number of thiazole rings is 1. The van der Waals surface area contributed by atoms with Crippen molar-refractivity contribution in [3.8, 4) is 0 Å². The molecule has 25 heavy (non-hydrogen) atoms. The predicted molar refractivity (Wildman–Crippen MR) is 116 cm³/mol. The molecule has 0 saturated carbocycles. The number of hydrogen-bond donors (Lipinski definition) is 2. The molecular weight excluding hydrogens is 449 g/mol. The minimum Gasteiger partial charge on any atom is -0.393 e. The highest BCUT2D eigenvalue weighted by atomic mass is 127. The van der Waals surface area contributed by atoms with E-state index in [0.29, 0.717) is 0 Å². The predicted octanol–water partition coefficient (Wildman–Crippen LogP) is 2.31. The third kappa shape index (κ3) is 8.19. The number of aliphatic hydroxyl groups is 1. The fraction of sp³-hybridized carbons (Fsp3) is 0.765. The molecule has 0 amide bonds. The van der Waals surface area contributed by atoms with Gasteiger partial charge in [0.2, 0.25) is 0 Å². The fourth-order valence-corrected chi connectivity index (χ4v) is 3.49. The Kier molecular flexibility index (Phi) is 10.9. The number of likely N-dealkylation sites (tertiary alicyclic amines) is 1. The lowest BCUT2D eigenvalue weighted by molar-refractivity contribution is 0.0824. The van der Waals surface area contributed by atoms with Crippen LogP contribution in [0, 0.1) is 6.92 Å². The summed E-state index contributed by atoms with van der Waals surface area (Å²) < 4.78 is 0. The van der Waals surface area contributed by atoms with E-state index in [1.54, 1.807) is 11.3 Å². The van der Waals surface area contributed by atoms with Crippen molar-refractivity contribution in [1.29, 1.82) is 0 Å². The zero-order valence-electron chi connectivity index (χ0n) is 15.6. The maximum atomic E-state index is 9.55. The smallest absolute Gasteiger partial charge is 0.194 e. The van der Waals surface area contributed by atoms with E-state index in [4.69, 9.17) is 4.99 Å². The summed E-state index contributed by atoms with van der Waals surface area (Å²) in [7, 11) is 2.06. The number of hydrogen-bond acceptors (Lipinski definition) is 5. The molecule has 1 aliphatic heterocycles. The molecule has 1 aromatic heterocycles. The monoisotopic (exact) mass is 481 g/mol. The number of rotatable bonds is 7. The molecule has 0 spiro atoms. The van der Waals surface area contributed by atoms with Gasteiger partial charge in [-0.1, -0.05) is 0 Å². The summed E-state index contributed by atoms with van der Waals surface area (Å²) in [5.74, 6) is 0.942. The number of aliphatic hydroxyl groups excluding tert-OH is 1. The van der Waals surface area contributed by atoms with Crippen molar-refractivity contribution in [3.05, 3.63) is 16.1 Å². The van der Waals surface area contributed by atoms with Crippen molar-refractivity contribution in [1.82, 2.24) is 20.1 Å². The molecule has 1 aliphatic rings. The summed E-state index contributed by atoms with van der Waals surface area (Å²) >= 11 is 1.69. The van der Waals surface area contributed by atoms with E-state index in [2.05, 4.69) is 39.5 Å². The summed E-state index contributed by atoms with van der Waals surface area (Å²) in [6.45, 7) is 9.67. The lowest BCUT2D eigenvalue weighted by atomic mass is 10.1. The Hall–Kier alpha value is -0.450. The Balaban J connectivity index is 0.00000312. The summed E-state index contributed by atoms with van der Waals surface area (Å²) in [6, 6.07) is 0. The third-order valence-corrected chi connectivity index (χ3v) is 5.04. The summed E-state index contributed by atoms with van der Waals surface area (Å²) in [4.78, 5) is 13.8. The second-order valence-electron chi connectivity index (χ2n) is 6.38. The third-order valence-electron chi connectivity index (χ3n) is 4.21. The highest BCUT2D eigenvalue weighted by Gasteiger charge is 2.16. The van der Waals surface area contributed by atoms with Crippen LogP contribution in [0.5, 0.6) is 0 Å². The molecule has 0 radical (unpaired) electrons. The number of aryl methyl sites for hydroxylation is 1.